The van der Waals surface area contributed by atoms with Gasteiger partial charge in [0.1, 0.15) is 0 Å². The van der Waals surface area contributed by atoms with Crippen LogP contribution in [0.25, 0.3) is 16.9 Å². The highest BCUT2D eigenvalue weighted by Gasteiger charge is 2.16. The van der Waals surface area contributed by atoms with Crippen molar-refractivity contribution in [2.75, 3.05) is 6.26 Å². The van der Waals surface area contributed by atoms with Crippen LogP contribution in [0, 0.1) is 11.3 Å². The van der Waals surface area contributed by atoms with E-state index in [1.165, 1.54) is 10.9 Å². The highest BCUT2D eigenvalue weighted by atomic mass is 32.2. The Morgan fingerprint density at radius 3 is 2.91 bits per heavy atom. The van der Waals surface area contributed by atoms with E-state index in [0.717, 1.165) is 11.8 Å². The van der Waals surface area contributed by atoms with Gasteiger partial charge < -0.3 is 0 Å². The van der Waals surface area contributed by atoms with Crippen molar-refractivity contribution in [3.8, 4) is 11.8 Å². The van der Waals surface area contributed by atoms with Crippen LogP contribution in [0.15, 0.2) is 35.6 Å². The zero-order valence-corrected chi connectivity index (χ0v) is 12.3. The van der Waals surface area contributed by atoms with Gasteiger partial charge in [-0.2, -0.15) is 14.9 Å². The molecule has 0 unspecified atom stereocenters. The summed E-state index contributed by atoms with van der Waals surface area (Å²) in [6.07, 6.45) is 2.63. The Bertz CT molecular complexity index is 1000. The lowest BCUT2D eigenvalue weighted by Gasteiger charge is -2.03. The van der Waals surface area contributed by atoms with Crippen molar-refractivity contribution in [1.82, 2.24) is 25.0 Å². The van der Waals surface area contributed by atoms with Gasteiger partial charge in [0.05, 0.1) is 24.4 Å². The molecule has 0 saturated carbocycles. The molecule has 0 bridgehead atoms. The van der Waals surface area contributed by atoms with Crippen LogP contribution in [0.5, 0.6) is 0 Å². The van der Waals surface area contributed by atoms with Crippen LogP contribution in [0.2, 0.25) is 0 Å². The highest BCUT2D eigenvalue weighted by molar-refractivity contribution is 7.90. The molecule has 22 heavy (non-hydrogen) atoms. The average Bonchev–Trinajstić information content (AvgIpc) is 2.90. The third kappa shape index (κ3) is 2.51. The van der Waals surface area contributed by atoms with E-state index in [-0.39, 0.29) is 11.6 Å². The molecular formula is C13H10N6O2S. The summed E-state index contributed by atoms with van der Waals surface area (Å²) in [6.45, 7) is 0. The number of rotatable bonds is 3. The number of aromatic nitrogens is 5. The molecule has 0 amide bonds. The molecule has 0 fully saturated rings. The molecule has 0 saturated heterocycles. The second kappa shape index (κ2) is 5.16. The number of nitriles is 1. The summed E-state index contributed by atoms with van der Waals surface area (Å²) < 4.78 is 24.6. The SMILES string of the molecule is CS(=O)(=O)c1ncc2nnn(-c3cccc(CC#N)c3)c2n1. The first kappa shape index (κ1) is 14.1. The number of nitrogens with zero attached hydrogens (tertiary/aromatic N) is 6. The molecule has 9 heteroatoms. The molecule has 2 aromatic heterocycles. The zero-order valence-electron chi connectivity index (χ0n) is 11.5. The number of hydrogen-bond donors (Lipinski definition) is 0. The molecule has 110 valence electrons. The predicted octanol–water partition coefficient (Wildman–Crippen LogP) is 0.680. The minimum atomic E-state index is -3.52. The highest BCUT2D eigenvalue weighted by Crippen LogP contribution is 2.16. The van der Waals surface area contributed by atoms with E-state index in [0.29, 0.717) is 16.9 Å². The maximum atomic E-state index is 11.6. The summed E-state index contributed by atoms with van der Waals surface area (Å²) in [5.41, 5.74) is 2.15. The molecule has 2 heterocycles. The molecule has 3 rings (SSSR count). The van der Waals surface area contributed by atoms with Gasteiger partial charge in [0, 0.05) is 6.26 Å². The van der Waals surface area contributed by atoms with E-state index >= 15 is 0 Å². The second-order valence-corrected chi connectivity index (χ2v) is 6.55. The third-order valence-electron chi connectivity index (χ3n) is 2.94. The first-order chi connectivity index (χ1) is 10.5. The quantitative estimate of drug-likeness (QED) is 0.653. The zero-order chi connectivity index (χ0) is 15.7. The van der Waals surface area contributed by atoms with Crippen LogP contribution in [-0.2, 0) is 16.3 Å². The van der Waals surface area contributed by atoms with Crippen molar-refractivity contribution in [2.24, 2.45) is 0 Å². The molecule has 8 nitrogen and oxygen atoms in total. The smallest absolute Gasteiger partial charge is 0.224 e. The van der Waals surface area contributed by atoms with Crippen LogP contribution < -0.4 is 0 Å². The van der Waals surface area contributed by atoms with Gasteiger partial charge in [-0.3, -0.25) is 0 Å². The lowest BCUT2D eigenvalue weighted by Crippen LogP contribution is -2.06. The van der Waals surface area contributed by atoms with Gasteiger partial charge in [-0.1, -0.05) is 17.3 Å². The van der Waals surface area contributed by atoms with Crippen molar-refractivity contribution in [3.05, 3.63) is 36.0 Å². The van der Waals surface area contributed by atoms with Gasteiger partial charge in [-0.15, -0.1) is 5.10 Å². The van der Waals surface area contributed by atoms with Crippen molar-refractivity contribution in [2.45, 2.75) is 11.6 Å². The Labute approximate surface area is 126 Å². The van der Waals surface area contributed by atoms with Gasteiger partial charge in [-0.05, 0) is 17.7 Å². The summed E-state index contributed by atoms with van der Waals surface area (Å²) in [5.74, 6) is 0. The topological polar surface area (TPSA) is 114 Å². The molecule has 0 atom stereocenters. The fraction of sp³-hybridized carbons (Fsp3) is 0.154. The van der Waals surface area contributed by atoms with Crippen LogP contribution in [-0.4, -0.2) is 39.6 Å². The van der Waals surface area contributed by atoms with Crippen LogP contribution >= 0.6 is 0 Å². The number of sulfone groups is 1. The summed E-state index contributed by atoms with van der Waals surface area (Å²) in [4.78, 5) is 7.81. The lowest BCUT2D eigenvalue weighted by molar-refractivity contribution is 0.593. The predicted molar refractivity (Wildman–Crippen MR) is 76.9 cm³/mol. The van der Waals surface area contributed by atoms with Crippen LogP contribution in [0.4, 0.5) is 0 Å². The Morgan fingerprint density at radius 2 is 2.18 bits per heavy atom. The van der Waals surface area contributed by atoms with E-state index in [4.69, 9.17) is 5.26 Å². The molecule has 0 aliphatic heterocycles. The molecule has 0 spiro atoms. The van der Waals surface area contributed by atoms with Gasteiger partial charge in [-0.25, -0.2) is 13.4 Å². The van der Waals surface area contributed by atoms with Crippen molar-refractivity contribution in [3.63, 3.8) is 0 Å². The number of fused-ring (bicyclic) bond motifs is 1. The van der Waals surface area contributed by atoms with E-state index in [1.54, 1.807) is 18.2 Å². The second-order valence-electron chi connectivity index (χ2n) is 4.64. The Morgan fingerprint density at radius 1 is 1.36 bits per heavy atom. The first-order valence-electron chi connectivity index (χ1n) is 6.24. The van der Waals surface area contributed by atoms with Gasteiger partial charge in [0.2, 0.25) is 15.0 Å². The largest absolute Gasteiger partial charge is 0.248 e. The lowest BCUT2D eigenvalue weighted by atomic mass is 10.1. The molecule has 0 aliphatic carbocycles. The minimum absolute atomic E-state index is 0.268. The maximum Gasteiger partial charge on any atom is 0.248 e. The number of hydrogen-bond acceptors (Lipinski definition) is 7. The maximum absolute atomic E-state index is 11.6. The minimum Gasteiger partial charge on any atom is -0.224 e. The molecular weight excluding hydrogens is 304 g/mol. The van der Waals surface area contributed by atoms with E-state index in [9.17, 15) is 8.42 Å². The first-order valence-corrected chi connectivity index (χ1v) is 8.13. The van der Waals surface area contributed by atoms with Crippen molar-refractivity contribution >= 4 is 21.0 Å². The van der Waals surface area contributed by atoms with E-state index < -0.39 is 9.84 Å². The standard InChI is InChI=1S/C13H10N6O2S/c1-22(20,21)13-15-8-11-12(16-13)19(18-17-11)10-4-2-3-9(7-10)5-6-14/h2-4,7-8H,5H2,1H3. The fourth-order valence-electron chi connectivity index (χ4n) is 1.95. The van der Waals surface area contributed by atoms with Gasteiger partial charge in [0.15, 0.2) is 11.2 Å². The molecule has 0 aliphatic rings. The Balaban J connectivity index is 2.19. The van der Waals surface area contributed by atoms with Crippen LogP contribution in [0.1, 0.15) is 5.56 Å². The van der Waals surface area contributed by atoms with Crippen molar-refractivity contribution < 1.29 is 8.42 Å². The Kier molecular flexibility index (Phi) is 3.30. The van der Waals surface area contributed by atoms with Gasteiger partial charge >= 0.3 is 0 Å². The summed E-state index contributed by atoms with van der Waals surface area (Å²) >= 11 is 0. The Hall–Kier alpha value is -2.86. The van der Waals surface area contributed by atoms with Gasteiger partial charge in [0.25, 0.3) is 0 Å². The molecule has 0 N–H and O–H groups in total. The molecule has 0 radical (unpaired) electrons. The molecule has 3 aromatic rings. The summed E-state index contributed by atoms with van der Waals surface area (Å²) in [7, 11) is -3.52. The fourth-order valence-corrected chi connectivity index (χ4v) is 2.45. The molecule has 1 aromatic carbocycles. The third-order valence-corrected chi connectivity index (χ3v) is 3.80. The van der Waals surface area contributed by atoms with Crippen LogP contribution in [0.3, 0.4) is 0 Å². The summed E-state index contributed by atoms with van der Waals surface area (Å²) in [6, 6.07) is 9.23. The number of benzene rings is 1. The average molecular weight is 314 g/mol. The van der Waals surface area contributed by atoms with Crippen molar-refractivity contribution in [1.29, 1.82) is 5.26 Å². The normalized spacial score (nSPS) is 11.5. The van der Waals surface area contributed by atoms with E-state index in [1.807, 2.05) is 6.07 Å². The van der Waals surface area contributed by atoms with E-state index in [2.05, 4.69) is 26.3 Å². The summed E-state index contributed by atoms with van der Waals surface area (Å²) in [5, 5.41) is 16.4. The monoisotopic (exact) mass is 314 g/mol.